The number of carbonyl (C=O) groups is 2. The lowest BCUT2D eigenvalue weighted by Crippen LogP contribution is -2.50. The zero-order valence-corrected chi connectivity index (χ0v) is 27.1. The van der Waals surface area contributed by atoms with E-state index in [4.69, 9.17) is 9.84 Å². The standard InChI is InChI=1S/C35H42F3N5O4/c1-34(2,3)47-33(46)41-19-16-30-28(22-41)32(24-8-11-25(12-9-24)35(36,37)38)39-42(30)21-27(44)20-40-17-14-26(15-18-40)43-29-7-5-4-6-23(29)10-13-31(43)45/h4-9,11-12,26-27,44H,10,13-22H2,1-3H3. The number of β-amino-alcohol motifs (C(OH)–C–C–N with tert-alkyl or cyclic N) is 1. The number of halogens is 3. The second-order valence-corrected chi connectivity index (χ2v) is 13.8. The highest BCUT2D eigenvalue weighted by Gasteiger charge is 2.35. The van der Waals surface area contributed by atoms with Crippen molar-refractivity contribution in [3.05, 3.63) is 70.9 Å². The molecule has 3 aliphatic rings. The molecule has 1 aromatic heterocycles. The van der Waals surface area contributed by atoms with Gasteiger partial charge in [0, 0.05) is 67.6 Å². The highest BCUT2D eigenvalue weighted by molar-refractivity contribution is 5.97. The zero-order chi connectivity index (χ0) is 33.5. The number of aryl methyl sites for hydroxylation is 1. The number of benzene rings is 2. The van der Waals surface area contributed by atoms with Crippen LogP contribution in [0.4, 0.5) is 23.7 Å². The fourth-order valence-corrected chi connectivity index (χ4v) is 6.94. The quantitative estimate of drug-likeness (QED) is 0.369. The molecule has 1 atom stereocenters. The topological polar surface area (TPSA) is 91.1 Å². The number of piperidine rings is 1. The Morgan fingerprint density at radius 1 is 0.979 bits per heavy atom. The van der Waals surface area contributed by atoms with Gasteiger partial charge in [0.25, 0.3) is 0 Å². The van der Waals surface area contributed by atoms with Gasteiger partial charge in [0.1, 0.15) is 5.60 Å². The summed E-state index contributed by atoms with van der Waals surface area (Å²) in [6.07, 6.45) is -2.31. The van der Waals surface area contributed by atoms with Crippen LogP contribution in [0.25, 0.3) is 11.3 Å². The average Bonchev–Trinajstić information content (AvgIpc) is 3.37. The first-order valence-electron chi connectivity index (χ1n) is 16.3. The minimum Gasteiger partial charge on any atom is -0.444 e. The number of amides is 2. The number of aliphatic hydroxyl groups is 1. The molecule has 0 spiro atoms. The largest absolute Gasteiger partial charge is 0.444 e. The Morgan fingerprint density at radius 3 is 2.36 bits per heavy atom. The number of aliphatic hydroxyl groups excluding tert-OH is 1. The first kappa shape index (κ1) is 33.0. The summed E-state index contributed by atoms with van der Waals surface area (Å²) < 4.78 is 47.2. The van der Waals surface area contributed by atoms with Crippen molar-refractivity contribution in [1.29, 1.82) is 0 Å². The van der Waals surface area contributed by atoms with Crippen molar-refractivity contribution in [1.82, 2.24) is 19.6 Å². The Balaban J connectivity index is 1.15. The van der Waals surface area contributed by atoms with E-state index < -0.39 is 29.5 Å². The summed E-state index contributed by atoms with van der Waals surface area (Å²) in [4.78, 5) is 31.6. The van der Waals surface area contributed by atoms with Gasteiger partial charge in [0.2, 0.25) is 5.91 Å². The monoisotopic (exact) mass is 653 g/mol. The Labute approximate surface area is 272 Å². The number of fused-ring (bicyclic) bond motifs is 2. The molecule has 1 saturated heterocycles. The van der Waals surface area contributed by atoms with Crippen molar-refractivity contribution in [3.8, 4) is 11.3 Å². The number of likely N-dealkylation sites (tertiary alicyclic amines) is 1. The number of ether oxygens (including phenoxy) is 1. The van der Waals surface area contributed by atoms with Gasteiger partial charge in [-0.1, -0.05) is 30.3 Å². The molecule has 4 heterocycles. The number of rotatable bonds is 6. The number of hydrogen-bond donors (Lipinski definition) is 1. The van der Waals surface area contributed by atoms with Crippen molar-refractivity contribution in [2.24, 2.45) is 0 Å². The number of anilines is 1. The maximum Gasteiger partial charge on any atom is 0.416 e. The van der Waals surface area contributed by atoms with Crippen LogP contribution in [0.2, 0.25) is 0 Å². The lowest BCUT2D eigenvalue weighted by molar-refractivity contribution is -0.137. The third kappa shape index (κ3) is 7.33. The number of nitrogens with zero attached hydrogens (tertiary/aromatic N) is 5. The Morgan fingerprint density at radius 2 is 1.68 bits per heavy atom. The highest BCUT2D eigenvalue weighted by Crippen LogP contribution is 2.35. The molecule has 0 radical (unpaired) electrons. The molecule has 2 amide bonds. The third-order valence-electron chi connectivity index (χ3n) is 9.17. The molecule has 9 nitrogen and oxygen atoms in total. The van der Waals surface area contributed by atoms with E-state index in [0.29, 0.717) is 37.2 Å². The minimum atomic E-state index is -4.46. The van der Waals surface area contributed by atoms with E-state index in [1.54, 1.807) is 30.4 Å². The normalized spacial score (nSPS) is 18.6. The predicted molar refractivity (Wildman–Crippen MR) is 171 cm³/mol. The van der Waals surface area contributed by atoms with Gasteiger partial charge < -0.3 is 24.5 Å². The summed E-state index contributed by atoms with van der Waals surface area (Å²) in [6, 6.07) is 13.1. The van der Waals surface area contributed by atoms with Crippen LogP contribution >= 0.6 is 0 Å². The van der Waals surface area contributed by atoms with E-state index >= 15 is 0 Å². The van der Waals surface area contributed by atoms with Crippen LogP contribution in [0.15, 0.2) is 48.5 Å². The number of carbonyl (C=O) groups excluding carboxylic acids is 2. The van der Waals surface area contributed by atoms with Gasteiger partial charge in [-0.3, -0.25) is 9.48 Å². The SMILES string of the molecule is CC(C)(C)OC(=O)N1CCc2c(c(-c3ccc(C(F)(F)F)cc3)nn2CC(O)CN2CCC(N3C(=O)CCc4ccccc43)CC2)C1. The third-order valence-corrected chi connectivity index (χ3v) is 9.17. The molecule has 12 heteroatoms. The van der Waals surface area contributed by atoms with Crippen LogP contribution in [-0.4, -0.2) is 80.6 Å². The zero-order valence-electron chi connectivity index (χ0n) is 27.1. The summed E-state index contributed by atoms with van der Waals surface area (Å²) in [5.41, 5.74) is 3.37. The number of alkyl halides is 3. The summed E-state index contributed by atoms with van der Waals surface area (Å²) in [5.74, 6) is 0.166. The molecule has 0 aliphatic carbocycles. The molecule has 0 saturated carbocycles. The maximum atomic E-state index is 13.3. The van der Waals surface area contributed by atoms with Crippen LogP contribution in [0.5, 0.6) is 0 Å². The molecule has 3 aromatic rings. The van der Waals surface area contributed by atoms with E-state index in [1.165, 1.54) is 17.7 Å². The van der Waals surface area contributed by atoms with Crippen molar-refractivity contribution in [3.63, 3.8) is 0 Å². The fraction of sp³-hybridized carbons (Fsp3) is 0.514. The Bertz CT molecular complexity index is 1610. The van der Waals surface area contributed by atoms with Crippen molar-refractivity contribution in [2.75, 3.05) is 31.1 Å². The van der Waals surface area contributed by atoms with Crippen molar-refractivity contribution in [2.45, 2.75) is 89.9 Å². The molecule has 1 unspecified atom stereocenters. The van der Waals surface area contributed by atoms with Gasteiger partial charge in [-0.25, -0.2) is 4.79 Å². The van der Waals surface area contributed by atoms with E-state index in [2.05, 4.69) is 11.0 Å². The molecule has 1 N–H and O–H groups in total. The fourth-order valence-electron chi connectivity index (χ4n) is 6.94. The van der Waals surface area contributed by atoms with Gasteiger partial charge in [0.15, 0.2) is 0 Å². The van der Waals surface area contributed by atoms with Gasteiger partial charge in [-0.15, -0.1) is 0 Å². The van der Waals surface area contributed by atoms with Crippen LogP contribution in [0.3, 0.4) is 0 Å². The lowest BCUT2D eigenvalue weighted by atomic mass is 9.95. The Kier molecular flexibility index (Phi) is 9.10. The number of aromatic nitrogens is 2. The van der Waals surface area contributed by atoms with E-state index in [0.717, 1.165) is 61.4 Å². The molecule has 2 aromatic carbocycles. The molecule has 6 rings (SSSR count). The molecular formula is C35H42F3N5O4. The lowest BCUT2D eigenvalue weighted by Gasteiger charge is -2.41. The maximum absolute atomic E-state index is 13.3. The molecule has 3 aliphatic heterocycles. The number of para-hydroxylation sites is 1. The van der Waals surface area contributed by atoms with Gasteiger partial charge >= 0.3 is 12.3 Å². The van der Waals surface area contributed by atoms with Crippen molar-refractivity contribution < 1.29 is 32.6 Å². The van der Waals surface area contributed by atoms with Crippen LogP contribution in [0.1, 0.15) is 62.4 Å². The summed E-state index contributed by atoms with van der Waals surface area (Å²) in [6.45, 7) is 8.08. The van der Waals surface area contributed by atoms with Crippen molar-refractivity contribution >= 4 is 17.7 Å². The molecule has 252 valence electrons. The average molecular weight is 654 g/mol. The van der Waals surface area contributed by atoms with E-state index in [-0.39, 0.29) is 25.0 Å². The molecule has 47 heavy (non-hydrogen) atoms. The second kappa shape index (κ2) is 13.0. The molecule has 0 bridgehead atoms. The molecular weight excluding hydrogens is 611 g/mol. The predicted octanol–water partition coefficient (Wildman–Crippen LogP) is 5.67. The van der Waals surface area contributed by atoms with Crippen LogP contribution < -0.4 is 4.90 Å². The molecule has 1 fully saturated rings. The highest BCUT2D eigenvalue weighted by atomic mass is 19.4. The summed E-state index contributed by atoms with van der Waals surface area (Å²) >= 11 is 0. The summed E-state index contributed by atoms with van der Waals surface area (Å²) in [7, 11) is 0. The van der Waals surface area contributed by atoms with Gasteiger partial charge in [-0.2, -0.15) is 18.3 Å². The van der Waals surface area contributed by atoms with Gasteiger partial charge in [0.05, 0.1) is 30.5 Å². The number of hydrogen-bond acceptors (Lipinski definition) is 6. The smallest absolute Gasteiger partial charge is 0.416 e. The van der Waals surface area contributed by atoms with E-state index in [9.17, 15) is 27.9 Å². The second-order valence-electron chi connectivity index (χ2n) is 13.8. The minimum absolute atomic E-state index is 0.120. The van der Waals surface area contributed by atoms with E-state index in [1.807, 2.05) is 23.1 Å². The Hall–Kier alpha value is -3.90. The van der Waals surface area contributed by atoms with Crippen LogP contribution in [-0.2, 0) is 41.6 Å². The van der Waals surface area contributed by atoms with Crippen LogP contribution in [0, 0.1) is 0 Å². The van der Waals surface area contributed by atoms with Gasteiger partial charge in [-0.05, 0) is 63.8 Å². The first-order valence-corrected chi connectivity index (χ1v) is 16.3. The first-order chi connectivity index (χ1) is 22.3. The summed E-state index contributed by atoms with van der Waals surface area (Å²) in [5, 5.41) is 16.0.